The molecule has 0 radical (unpaired) electrons. The number of rotatable bonds is 2. The Kier molecular flexibility index (Phi) is 2.83. The fraction of sp³-hybridized carbons (Fsp3) is 0.615. The molecule has 0 aromatic rings. The zero-order valence-electron chi connectivity index (χ0n) is 9.28. The van der Waals surface area contributed by atoms with Crippen molar-refractivity contribution in [1.82, 2.24) is 0 Å². The van der Waals surface area contributed by atoms with Gasteiger partial charge in [0.2, 0.25) is 0 Å². The van der Waals surface area contributed by atoms with Gasteiger partial charge in [-0.05, 0) is 38.2 Å². The van der Waals surface area contributed by atoms with E-state index in [0.717, 1.165) is 5.92 Å². The smallest absolute Gasteiger partial charge is 0.00187 e. The summed E-state index contributed by atoms with van der Waals surface area (Å²) in [4.78, 5) is 0. The van der Waals surface area contributed by atoms with Crippen molar-refractivity contribution in [3.05, 3.63) is 29.5 Å². The molecule has 0 aromatic heterocycles. The zero-order valence-corrected chi connectivity index (χ0v) is 9.28. The van der Waals surface area contributed by atoms with Crippen molar-refractivity contribution < 1.29 is 0 Å². The minimum Gasteiger partial charge on any atom is -0.124 e. The summed E-state index contributed by atoms with van der Waals surface area (Å²) in [7, 11) is 0. The van der Waals surface area contributed by atoms with Crippen LogP contribution in [0.1, 0.15) is 40.5 Å². The summed E-state index contributed by atoms with van der Waals surface area (Å²) in [6.07, 6.45) is 4.73. The van der Waals surface area contributed by atoms with Gasteiger partial charge in [0, 0.05) is 11.0 Å². The summed E-state index contributed by atoms with van der Waals surface area (Å²) in [6, 6.07) is 0. The monoisotopic (exact) mass is 176 g/mol. The van der Waals surface area contributed by atoms with Gasteiger partial charge in [-0.25, -0.2) is 0 Å². The third-order valence-corrected chi connectivity index (χ3v) is 3.21. The molecule has 0 spiro atoms. The van der Waals surface area contributed by atoms with E-state index in [-0.39, 0.29) is 0 Å². The highest BCUT2D eigenvalue weighted by Gasteiger charge is 2.40. The summed E-state index contributed by atoms with van der Waals surface area (Å²) >= 11 is 0. The molecule has 72 valence electrons. The van der Waals surface area contributed by atoms with Crippen LogP contribution in [0.2, 0.25) is 0 Å². The minimum atomic E-state index is 0.359. The van der Waals surface area contributed by atoms with Crippen LogP contribution in [0.15, 0.2) is 29.5 Å². The van der Waals surface area contributed by atoms with Crippen LogP contribution in [0.3, 0.4) is 0 Å². The van der Waals surface area contributed by atoms with Gasteiger partial charge in [-0.2, -0.15) is 0 Å². The van der Waals surface area contributed by atoms with Crippen molar-refractivity contribution >= 4 is 0 Å². The molecule has 0 nitrogen and oxygen atoms in total. The summed E-state index contributed by atoms with van der Waals surface area (Å²) in [5.41, 5.74) is 6.14. The van der Waals surface area contributed by atoms with Gasteiger partial charge in [0.1, 0.15) is 0 Å². The van der Waals surface area contributed by atoms with Gasteiger partial charge in [-0.1, -0.05) is 26.5 Å². The Morgan fingerprint density at radius 1 is 1.54 bits per heavy atom. The van der Waals surface area contributed by atoms with Gasteiger partial charge in [-0.15, -0.1) is 5.73 Å². The molecule has 1 saturated carbocycles. The lowest BCUT2D eigenvalue weighted by molar-refractivity contribution is 0.134. The third kappa shape index (κ3) is 1.78. The van der Waals surface area contributed by atoms with Crippen LogP contribution in [-0.2, 0) is 0 Å². The Morgan fingerprint density at radius 2 is 2.08 bits per heavy atom. The van der Waals surface area contributed by atoms with Crippen LogP contribution < -0.4 is 0 Å². The lowest BCUT2D eigenvalue weighted by atomic mass is 9.59. The Morgan fingerprint density at radius 3 is 2.38 bits per heavy atom. The van der Waals surface area contributed by atoms with Crippen molar-refractivity contribution in [2.24, 2.45) is 11.3 Å². The van der Waals surface area contributed by atoms with E-state index < -0.39 is 0 Å². The average molecular weight is 176 g/mol. The van der Waals surface area contributed by atoms with E-state index in [9.17, 15) is 0 Å². The minimum absolute atomic E-state index is 0.359. The van der Waals surface area contributed by atoms with Crippen LogP contribution in [0, 0.1) is 11.3 Å². The third-order valence-electron chi connectivity index (χ3n) is 3.21. The van der Waals surface area contributed by atoms with Crippen molar-refractivity contribution in [1.29, 1.82) is 0 Å². The number of hydrogen-bond donors (Lipinski definition) is 0. The molecule has 0 aliphatic heterocycles. The molecule has 1 fully saturated rings. The van der Waals surface area contributed by atoms with Gasteiger partial charge in [0.15, 0.2) is 0 Å². The molecule has 0 N–H and O–H groups in total. The number of allylic oxidation sites excluding steroid dienone is 3. The molecular weight excluding hydrogens is 156 g/mol. The Labute approximate surface area is 82.0 Å². The maximum absolute atomic E-state index is 3.80. The molecular formula is C13H20. The molecule has 0 atom stereocenters. The molecule has 0 bridgehead atoms. The Hall–Kier alpha value is -0.740. The highest BCUT2D eigenvalue weighted by molar-refractivity contribution is 5.35. The first-order valence-corrected chi connectivity index (χ1v) is 5.07. The fourth-order valence-electron chi connectivity index (χ4n) is 2.66. The summed E-state index contributed by atoms with van der Waals surface area (Å²) in [6.45, 7) is 12.7. The quantitative estimate of drug-likeness (QED) is 0.439. The van der Waals surface area contributed by atoms with Crippen LogP contribution >= 0.6 is 0 Å². The van der Waals surface area contributed by atoms with Crippen LogP contribution in [0.5, 0.6) is 0 Å². The van der Waals surface area contributed by atoms with Gasteiger partial charge < -0.3 is 0 Å². The second kappa shape index (κ2) is 3.55. The second-order valence-corrected chi connectivity index (χ2v) is 4.60. The molecule has 1 aliphatic carbocycles. The standard InChI is InChI=1S/C13H20/c1-6-11(4)12(7-2)13(5)8-10(3)9-13/h6,10H,2,8-9H2,1,3-5H3. The molecule has 0 amide bonds. The van der Waals surface area contributed by atoms with Crippen molar-refractivity contribution in [3.63, 3.8) is 0 Å². The van der Waals surface area contributed by atoms with Crippen molar-refractivity contribution in [2.45, 2.75) is 40.5 Å². The molecule has 0 saturated heterocycles. The van der Waals surface area contributed by atoms with E-state index in [4.69, 9.17) is 0 Å². The largest absolute Gasteiger partial charge is 0.124 e. The summed E-state index contributed by atoms with van der Waals surface area (Å²) < 4.78 is 0. The topological polar surface area (TPSA) is 0 Å². The predicted octanol–water partition coefficient (Wildman–Crippen LogP) is 4.10. The molecule has 0 heterocycles. The van der Waals surface area contributed by atoms with E-state index in [1.54, 1.807) is 0 Å². The molecule has 0 heteroatoms. The van der Waals surface area contributed by atoms with E-state index in [2.05, 4.69) is 46.1 Å². The lowest BCUT2D eigenvalue weighted by Gasteiger charge is -2.45. The van der Waals surface area contributed by atoms with E-state index in [1.807, 2.05) is 0 Å². The number of hydrogen-bond acceptors (Lipinski definition) is 0. The van der Waals surface area contributed by atoms with Gasteiger partial charge in [0.05, 0.1) is 0 Å². The maximum atomic E-state index is 3.80. The van der Waals surface area contributed by atoms with E-state index in [0.29, 0.717) is 5.41 Å². The van der Waals surface area contributed by atoms with E-state index >= 15 is 0 Å². The molecule has 0 unspecified atom stereocenters. The first kappa shape index (κ1) is 10.3. The second-order valence-electron chi connectivity index (χ2n) is 4.60. The highest BCUT2D eigenvalue weighted by Crippen LogP contribution is 2.51. The van der Waals surface area contributed by atoms with Gasteiger partial charge in [-0.3, -0.25) is 0 Å². The first-order chi connectivity index (χ1) is 6.03. The van der Waals surface area contributed by atoms with Gasteiger partial charge in [0.25, 0.3) is 0 Å². The van der Waals surface area contributed by atoms with E-state index in [1.165, 1.54) is 24.0 Å². The molecule has 13 heavy (non-hydrogen) atoms. The van der Waals surface area contributed by atoms with Crippen LogP contribution in [0.25, 0.3) is 0 Å². The normalized spacial score (nSPS) is 33.5. The Balaban J connectivity index is 2.87. The molecule has 1 rings (SSSR count). The average Bonchev–Trinajstić information content (AvgIpc) is 2.02. The maximum Gasteiger partial charge on any atom is 0.00187 e. The van der Waals surface area contributed by atoms with Crippen LogP contribution in [-0.4, -0.2) is 0 Å². The molecule has 0 aromatic carbocycles. The van der Waals surface area contributed by atoms with Crippen molar-refractivity contribution in [3.8, 4) is 0 Å². The van der Waals surface area contributed by atoms with Gasteiger partial charge >= 0.3 is 0 Å². The lowest BCUT2D eigenvalue weighted by Crippen LogP contribution is -2.34. The first-order valence-electron chi connectivity index (χ1n) is 5.07. The van der Waals surface area contributed by atoms with Crippen LogP contribution in [0.4, 0.5) is 0 Å². The fourth-order valence-corrected chi connectivity index (χ4v) is 2.66. The summed E-state index contributed by atoms with van der Waals surface area (Å²) in [5.74, 6) is 0.873. The predicted molar refractivity (Wildman–Crippen MR) is 58.6 cm³/mol. The highest BCUT2D eigenvalue weighted by atomic mass is 14.4. The SMILES string of the molecule is C=C=C(C(C)=CC)C1(C)CC(C)C1. The Bertz CT molecular complexity index is 268. The zero-order chi connectivity index (χ0) is 10.1. The summed E-state index contributed by atoms with van der Waals surface area (Å²) in [5, 5.41) is 0. The van der Waals surface area contributed by atoms with Crippen molar-refractivity contribution in [2.75, 3.05) is 0 Å². The molecule has 1 aliphatic rings.